The van der Waals surface area contributed by atoms with Crippen LogP contribution in [0.15, 0.2) is 18.2 Å². The third-order valence-electron chi connectivity index (χ3n) is 2.75. The fourth-order valence-electron chi connectivity index (χ4n) is 1.72. The number of hydrogen-bond donors (Lipinski definition) is 1. The molecule has 1 aromatic rings. The smallest absolute Gasteiger partial charge is 0.308 e. The summed E-state index contributed by atoms with van der Waals surface area (Å²) in [6, 6.07) is 4.68. The number of ether oxygens (including phenoxy) is 2. The van der Waals surface area contributed by atoms with E-state index < -0.39 is 0 Å². The normalized spacial score (nSPS) is 12.0. The molecule has 0 amide bonds. The van der Waals surface area contributed by atoms with E-state index in [4.69, 9.17) is 4.74 Å². The van der Waals surface area contributed by atoms with Gasteiger partial charge in [0.25, 0.3) is 0 Å². The van der Waals surface area contributed by atoms with E-state index >= 15 is 0 Å². The summed E-state index contributed by atoms with van der Waals surface area (Å²) in [6.07, 6.45) is 0.146. The Balaban J connectivity index is 2.59. The molecule has 4 nitrogen and oxygen atoms in total. The zero-order valence-corrected chi connectivity index (χ0v) is 11.5. The van der Waals surface area contributed by atoms with Crippen LogP contribution in [0.3, 0.4) is 0 Å². The molecular formula is C14H20FNO3. The van der Waals surface area contributed by atoms with Crippen LogP contribution in [-0.2, 0) is 9.53 Å². The number of rotatable bonds is 7. The van der Waals surface area contributed by atoms with Crippen molar-refractivity contribution in [3.8, 4) is 5.75 Å². The molecule has 0 aliphatic heterocycles. The highest BCUT2D eigenvalue weighted by atomic mass is 19.1. The number of esters is 1. The molecule has 1 unspecified atom stereocenters. The van der Waals surface area contributed by atoms with Gasteiger partial charge >= 0.3 is 5.97 Å². The Hall–Kier alpha value is -1.62. The second-order valence-electron chi connectivity index (χ2n) is 4.14. The summed E-state index contributed by atoms with van der Waals surface area (Å²) in [6.45, 7) is 4.82. The van der Waals surface area contributed by atoms with Crippen LogP contribution < -0.4 is 10.1 Å². The van der Waals surface area contributed by atoms with Crippen molar-refractivity contribution in [1.29, 1.82) is 0 Å². The van der Waals surface area contributed by atoms with Crippen LogP contribution in [0.5, 0.6) is 5.75 Å². The van der Waals surface area contributed by atoms with Gasteiger partial charge in [-0.2, -0.15) is 0 Å². The van der Waals surface area contributed by atoms with E-state index in [1.165, 1.54) is 13.2 Å². The molecule has 19 heavy (non-hydrogen) atoms. The summed E-state index contributed by atoms with van der Waals surface area (Å²) in [5.74, 6) is -0.254. The summed E-state index contributed by atoms with van der Waals surface area (Å²) >= 11 is 0. The molecule has 1 N–H and O–H groups in total. The van der Waals surface area contributed by atoms with Crippen LogP contribution in [0.4, 0.5) is 4.39 Å². The average molecular weight is 269 g/mol. The lowest BCUT2D eigenvalue weighted by atomic mass is 10.1. The molecule has 0 radical (unpaired) electrons. The Morgan fingerprint density at radius 2 is 2.21 bits per heavy atom. The molecule has 1 aromatic carbocycles. The predicted molar refractivity (Wildman–Crippen MR) is 70.6 cm³/mol. The summed E-state index contributed by atoms with van der Waals surface area (Å²) in [5, 5.41) is 3.15. The summed E-state index contributed by atoms with van der Waals surface area (Å²) in [4.78, 5) is 10.9. The average Bonchev–Trinajstić information content (AvgIpc) is 2.38. The van der Waals surface area contributed by atoms with Gasteiger partial charge in [-0.05, 0) is 19.5 Å². The first-order valence-corrected chi connectivity index (χ1v) is 6.31. The standard InChI is InChI=1S/C14H20FNO3/c1-4-16-10(2)12-6-5-11(9-13(12)15)19-8-7-14(17)18-3/h5-6,9-10,16H,4,7-8H2,1-3H3. The van der Waals surface area contributed by atoms with Crippen molar-refractivity contribution < 1.29 is 18.7 Å². The quantitative estimate of drug-likeness (QED) is 0.772. The highest BCUT2D eigenvalue weighted by Gasteiger charge is 2.11. The van der Waals surface area contributed by atoms with Crippen molar-refractivity contribution in [3.05, 3.63) is 29.6 Å². The van der Waals surface area contributed by atoms with Gasteiger partial charge in [0, 0.05) is 17.7 Å². The van der Waals surface area contributed by atoms with Crippen LogP contribution >= 0.6 is 0 Å². The van der Waals surface area contributed by atoms with E-state index in [9.17, 15) is 9.18 Å². The van der Waals surface area contributed by atoms with Gasteiger partial charge in [0.05, 0.1) is 20.1 Å². The molecule has 0 heterocycles. The van der Waals surface area contributed by atoms with Gasteiger partial charge in [-0.3, -0.25) is 4.79 Å². The fourth-order valence-corrected chi connectivity index (χ4v) is 1.72. The van der Waals surface area contributed by atoms with Crippen LogP contribution in [-0.4, -0.2) is 26.2 Å². The third-order valence-corrected chi connectivity index (χ3v) is 2.75. The van der Waals surface area contributed by atoms with Gasteiger partial charge in [0.2, 0.25) is 0 Å². The molecule has 0 saturated carbocycles. The lowest BCUT2D eigenvalue weighted by Crippen LogP contribution is -2.18. The van der Waals surface area contributed by atoms with Crippen molar-refractivity contribution in [1.82, 2.24) is 5.32 Å². The number of benzene rings is 1. The molecule has 0 aliphatic rings. The van der Waals surface area contributed by atoms with Crippen molar-refractivity contribution in [2.75, 3.05) is 20.3 Å². The largest absolute Gasteiger partial charge is 0.493 e. The lowest BCUT2D eigenvalue weighted by Gasteiger charge is -2.14. The molecule has 0 saturated heterocycles. The third kappa shape index (κ3) is 4.87. The predicted octanol–water partition coefficient (Wildman–Crippen LogP) is 2.44. The number of halogens is 1. The van der Waals surface area contributed by atoms with E-state index in [1.54, 1.807) is 12.1 Å². The van der Waals surface area contributed by atoms with Crippen molar-refractivity contribution >= 4 is 5.97 Å². The van der Waals surface area contributed by atoms with Crippen LogP contribution in [0, 0.1) is 5.82 Å². The topological polar surface area (TPSA) is 47.6 Å². The van der Waals surface area contributed by atoms with Crippen molar-refractivity contribution in [2.45, 2.75) is 26.3 Å². The Kier molecular flexibility index (Phi) is 6.29. The molecule has 1 rings (SSSR count). The monoisotopic (exact) mass is 269 g/mol. The first-order chi connectivity index (χ1) is 9.08. The van der Waals surface area contributed by atoms with Crippen molar-refractivity contribution in [2.24, 2.45) is 0 Å². The molecule has 0 spiro atoms. The highest BCUT2D eigenvalue weighted by Crippen LogP contribution is 2.21. The van der Waals surface area contributed by atoms with E-state index in [-0.39, 0.29) is 30.9 Å². The molecule has 0 aliphatic carbocycles. The van der Waals surface area contributed by atoms with Gasteiger partial charge in [0.1, 0.15) is 11.6 Å². The Morgan fingerprint density at radius 3 is 2.79 bits per heavy atom. The van der Waals surface area contributed by atoms with E-state index in [0.717, 1.165) is 6.54 Å². The first kappa shape index (κ1) is 15.4. The molecule has 0 bridgehead atoms. The van der Waals surface area contributed by atoms with Gasteiger partial charge in [-0.15, -0.1) is 0 Å². The zero-order chi connectivity index (χ0) is 14.3. The van der Waals surface area contributed by atoms with Gasteiger partial charge < -0.3 is 14.8 Å². The van der Waals surface area contributed by atoms with Crippen LogP contribution in [0.25, 0.3) is 0 Å². The molecule has 0 fully saturated rings. The Labute approximate surface area is 112 Å². The number of hydrogen-bond acceptors (Lipinski definition) is 4. The van der Waals surface area contributed by atoms with Crippen LogP contribution in [0.1, 0.15) is 31.9 Å². The number of methoxy groups -OCH3 is 1. The summed E-state index contributed by atoms with van der Waals surface area (Å²) in [7, 11) is 1.32. The summed E-state index contributed by atoms with van der Waals surface area (Å²) < 4.78 is 23.6. The second-order valence-corrected chi connectivity index (χ2v) is 4.14. The summed E-state index contributed by atoms with van der Waals surface area (Å²) in [5.41, 5.74) is 0.599. The fraction of sp³-hybridized carbons (Fsp3) is 0.500. The van der Waals surface area contributed by atoms with Gasteiger partial charge in [-0.25, -0.2) is 4.39 Å². The SMILES string of the molecule is CCNC(C)c1ccc(OCCC(=O)OC)cc1F. The second kappa shape index (κ2) is 7.74. The first-order valence-electron chi connectivity index (χ1n) is 6.31. The maximum Gasteiger partial charge on any atom is 0.308 e. The zero-order valence-electron chi connectivity index (χ0n) is 11.5. The van der Waals surface area contributed by atoms with E-state index in [1.807, 2.05) is 13.8 Å². The van der Waals surface area contributed by atoms with Crippen molar-refractivity contribution in [3.63, 3.8) is 0 Å². The Morgan fingerprint density at radius 1 is 1.47 bits per heavy atom. The molecule has 5 heteroatoms. The minimum absolute atomic E-state index is 0.0471. The van der Waals surface area contributed by atoms with Gasteiger partial charge in [-0.1, -0.05) is 13.0 Å². The Bertz CT molecular complexity index is 423. The molecular weight excluding hydrogens is 249 g/mol. The molecule has 0 aromatic heterocycles. The maximum absolute atomic E-state index is 13.9. The van der Waals surface area contributed by atoms with Gasteiger partial charge in [0.15, 0.2) is 0 Å². The number of carbonyl (C=O) groups is 1. The minimum atomic E-state index is -0.349. The maximum atomic E-state index is 13.9. The highest BCUT2D eigenvalue weighted by molar-refractivity contribution is 5.69. The lowest BCUT2D eigenvalue weighted by molar-refractivity contribution is -0.141. The van der Waals surface area contributed by atoms with E-state index in [0.29, 0.717) is 11.3 Å². The number of nitrogens with one attached hydrogen (secondary N) is 1. The van der Waals surface area contributed by atoms with Crippen LogP contribution in [0.2, 0.25) is 0 Å². The molecule has 1 atom stereocenters. The van der Waals surface area contributed by atoms with E-state index in [2.05, 4.69) is 10.1 Å². The number of carbonyl (C=O) groups excluding carboxylic acids is 1. The minimum Gasteiger partial charge on any atom is -0.493 e. The molecule has 106 valence electrons.